The SMILES string of the molecule is CCCCC/C=C/CCCCCCCC(=O)O[C@H](COC(=O)CCCCCCCCCCCCCCCCC)COP(=O)(O)OC[C@@H](O)CO. The number of esters is 2. The van der Waals surface area contributed by atoms with Gasteiger partial charge in [-0.05, 0) is 38.5 Å². The van der Waals surface area contributed by atoms with Gasteiger partial charge in [0.1, 0.15) is 12.7 Å². The van der Waals surface area contributed by atoms with Crippen LogP contribution in [0.4, 0.5) is 0 Å². The van der Waals surface area contributed by atoms with Gasteiger partial charge in [0, 0.05) is 12.8 Å². The van der Waals surface area contributed by atoms with Gasteiger partial charge in [0.15, 0.2) is 6.10 Å². The molecule has 0 rings (SSSR count). The summed E-state index contributed by atoms with van der Waals surface area (Å²) in [5.41, 5.74) is 0. The molecule has 0 saturated heterocycles. The van der Waals surface area contributed by atoms with Crippen LogP contribution in [0.5, 0.6) is 0 Å². The van der Waals surface area contributed by atoms with Crippen molar-refractivity contribution in [3.63, 3.8) is 0 Å². The lowest BCUT2D eigenvalue weighted by Crippen LogP contribution is -2.29. The first-order chi connectivity index (χ1) is 24.2. The van der Waals surface area contributed by atoms with Crippen LogP contribution in [-0.2, 0) is 32.7 Å². The average molecular weight is 735 g/mol. The summed E-state index contributed by atoms with van der Waals surface area (Å²) in [4.78, 5) is 34.8. The molecule has 1 unspecified atom stereocenters. The molecule has 0 aliphatic rings. The molecule has 0 aromatic rings. The van der Waals surface area contributed by atoms with Gasteiger partial charge in [-0.25, -0.2) is 4.57 Å². The minimum atomic E-state index is -4.61. The first kappa shape index (κ1) is 48.7. The summed E-state index contributed by atoms with van der Waals surface area (Å²) in [6, 6.07) is 0. The van der Waals surface area contributed by atoms with Gasteiger partial charge < -0.3 is 24.6 Å². The number of unbranched alkanes of at least 4 members (excludes halogenated alkanes) is 22. The van der Waals surface area contributed by atoms with Gasteiger partial charge in [-0.3, -0.25) is 18.6 Å². The third-order valence-corrected chi connectivity index (χ3v) is 9.62. The summed E-state index contributed by atoms with van der Waals surface area (Å²) in [6.07, 6.45) is 31.8. The van der Waals surface area contributed by atoms with Gasteiger partial charge in [-0.2, -0.15) is 0 Å². The lowest BCUT2D eigenvalue weighted by Gasteiger charge is -2.20. The van der Waals surface area contributed by atoms with E-state index in [1.165, 1.54) is 89.9 Å². The molecule has 0 heterocycles. The molecule has 0 amide bonds. The summed E-state index contributed by atoms with van der Waals surface area (Å²) in [5, 5.41) is 18.3. The summed E-state index contributed by atoms with van der Waals surface area (Å²) < 4.78 is 32.6. The van der Waals surface area contributed by atoms with E-state index in [0.29, 0.717) is 12.8 Å². The van der Waals surface area contributed by atoms with Crippen LogP contribution in [-0.4, -0.2) is 65.7 Å². The van der Waals surface area contributed by atoms with E-state index in [2.05, 4.69) is 30.5 Å². The van der Waals surface area contributed by atoms with E-state index in [0.717, 1.165) is 57.8 Å². The van der Waals surface area contributed by atoms with Gasteiger partial charge in [0.25, 0.3) is 0 Å². The number of carbonyl (C=O) groups is 2. The predicted octanol–water partition coefficient (Wildman–Crippen LogP) is 10.1. The van der Waals surface area contributed by atoms with Crippen LogP contribution >= 0.6 is 7.82 Å². The largest absolute Gasteiger partial charge is 0.472 e. The molecule has 0 aliphatic heterocycles. The molecule has 3 atom stereocenters. The van der Waals surface area contributed by atoms with E-state index in [4.69, 9.17) is 19.1 Å². The number of hydrogen-bond donors (Lipinski definition) is 3. The maximum atomic E-state index is 12.5. The molecular formula is C39H75O10P. The zero-order chi connectivity index (χ0) is 37.0. The van der Waals surface area contributed by atoms with Crippen LogP contribution in [0.15, 0.2) is 12.2 Å². The average Bonchev–Trinajstić information content (AvgIpc) is 3.10. The lowest BCUT2D eigenvalue weighted by atomic mass is 10.0. The second-order valence-corrected chi connectivity index (χ2v) is 15.1. The number of carbonyl (C=O) groups excluding carboxylic acids is 2. The summed E-state index contributed by atoms with van der Waals surface area (Å²) in [6.45, 7) is 2.35. The van der Waals surface area contributed by atoms with Crippen molar-refractivity contribution in [2.75, 3.05) is 26.4 Å². The Kier molecular flexibility index (Phi) is 35.2. The molecule has 0 fully saturated rings. The zero-order valence-corrected chi connectivity index (χ0v) is 32.8. The molecule has 0 radical (unpaired) electrons. The van der Waals surface area contributed by atoms with E-state index in [1.54, 1.807) is 0 Å². The monoisotopic (exact) mass is 735 g/mol. The number of allylic oxidation sites excluding steroid dienone is 2. The van der Waals surface area contributed by atoms with Crippen molar-refractivity contribution in [3.8, 4) is 0 Å². The summed E-state index contributed by atoms with van der Waals surface area (Å²) in [7, 11) is -4.61. The molecule has 3 N–H and O–H groups in total. The molecule has 0 aromatic heterocycles. The third-order valence-electron chi connectivity index (χ3n) is 8.67. The Balaban J connectivity index is 4.31. The highest BCUT2D eigenvalue weighted by Crippen LogP contribution is 2.43. The number of rotatable bonds is 38. The van der Waals surface area contributed by atoms with E-state index < -0.39 is 51.8 Å². The van der Waals surface area contributed by atoms with Crippen LogP contribution in [0.2, 0.25) is 0 Å². The number of aliphatic hydroxyl groups is 2. The van der Waals surface area contributed by atoms with E-state index >= 15 is 0 Å². The van der Waals surface area contributed by atoms with Crippen molar-refractivity contribution in [1.29, 1.82) is 0 Å². The minimum Gasteiger partial charge on any atom is -0.462 e. The van der Waals surface area contributed by atoms with Crippen LogP contribution in [0.3, 0.4) is 0 Å². The molecule has 0 bridgehead atoms. The Morgan fingerprint density at radius 1 is 0.580 bits per heavy atom. The van der Waals surface area contributed by atoms with E-state index in [1.807, 2.05) is 0 Å². The normalized spacial score (nSPS) is 14.1. The summed E-state index contributed by atoms with van der Waals surface area (Å²) in [5.74, 6) is -0.928. The van der Waals surface area contributed by atoms with Gasteiger partial charge in [-0.15, -0.1) is 0 Å². The Morgan fingerprint density at radius 2 is 0.980 bits per heavy atom. The van der Waals surface area contributed by atoms with Crippen LogP contribution in [0, 0.1) is 0 Å². The standard InChI is InChI=1S/C39H75O10P/c1-3-5-7-9-11-13-15-17-18-19-21-22-24-26-28-30-38(42)46-34-37(35-48-50(44,45)47-33-36(41)32-40)49-39(43)31-29-27-25-23-20-16-14-12-10-8-6-4-2/h12,14,36-37,40-41H,3-11,13,15-35H2,1-2H3,(H,44,45)/b14-12+/t36-,37+/m0/s1. The molecule has 296 valence electrons. The van der Waals surface area contributed by atoms with Crippen molar-refractivity contribution in [2.45, 2.75) is 199 Å². The quantitative estimate of drug-likeness (QED) is 0.0242. The number of ether oxygens (including phenoxy) is 2. The molecular weight excluding hydrogens is 659 g/mol. The summed E-state index contributed by atoms with van der Waals surface area (Å²) >= 11 is 0. The molecule has 0 aliphatic carbocycles. The Hall–Kier alpha value is -1.29. The Labute approximate surface area is 305 Å². The fraction of sp³-hybridized carbons (Fsp3) is 0.897. The van der Waals surface area contributed by atoms with Crippen molar-refractivity contribution in [1.82, 2.24) is 0 Å². The highest BCUT2D eigenvalue weighted by atomic mass is 31.2. The fourth-order valence-corrected chi connectivity index (χ4v) is 6.31. The van der Waals surface area contributed by atoms with Crippen LogP contribution in [0.25, 0.3) is 0 Å². The van der Waals surface area contributed by atoms with Crippen molar-refractivity contribution in [2.24, 2.45) is 0 Å². The topological polar surface area (TPSA) is 149 Å². The highest BCUT2D eigenvalue weighted by molar-refractivity contribution is 7.47. The minimum absolute atomic E-state index is 0.177. The predicted molar refractivity (Wildman–Crippen MR) is 201 cm³/mol. The highest BCUT2D eigenvalue weighted by Gasteiger charge is 2.27. The Morgan fingerprint density at radius 3 is 1.48 bits per heavy atom. The maximum absolute atomic E-state index is 12.5. The number of aliphatic hydroxyl groups excluding tert-OH is 2. The van der Waals surface area contributed by atoms with Gasteiger partial charge >= 0.3 is 19.8 Å². The molecule has 50 heavy (non-hydrogen) atoms. The fourth-order valence-electron chi connectivity index (χ4n) is 5.52. The zero-order valence-electron chi connectivity index (χ0n) is 31.9. The molecule has 0 aromatic carbocycles. The maximum Gasteiger partial charge on any atom is 0.472 e. The third kappa shape index (κ3) is 35.1. The van der Waals surface area contributed by atoms with Crippen molar-refractivity contribution >= 4 is 19.8 Å². The van der Waals surface area contributed by atoms with E-state index in [-0.39, 0.29) is 19.4 Å². The van der Waals surface area contributed by atoms with E-state index in [9.17, 15) is 24.2 Å². The van der Waals surface area contributed by atoms with Gasteiger partial charge in [0.05, 0.1) is 19.8 Å². The first-order valence-corrected chi connectivity index (χ1v) is 21.6. The van der Waals surface area contributed by atoms with Gasteiger partial charge in [0.2, 0.25) is 0 Å². The second kappa shape index (κ2) is 36.1. The van der Waals surface area contributed by atoms with Gasteiger partial charge in [-0.1, -0.05) is 148 Å². The first-order valence-electron chi connectivity index (χ1n) is 20.1. The van der Waals surface area contributed by atoms with Crippen LogP contribution < -0.4 is 0 Å². The molecule has 0 saturated carbocycles. The number of hydrogen-bond acceptors (Lipinski definition) is 9. The molecule has 11 heteroatoms. The van der Waals surface area contributed by atoms with Crippen molar-refractivity contribution < 1.29 is 47.8 Å². The molecule has 10 nitrogen and oxygen atoms in total. The second-order valence-electron chi connectivity index (χ2n) is 13.7. The van der Waals surface area contributed by atoms with Crippen LogP contribution in [0.1, 0.15) is 187 Å². The van der Waals surface area contributed by atoms with Crippen molar-refractivity contribution in [3.05, 3.63) is 12.2 Å². The lowest BCUT2D eigenvalue weighted by molar-refractivity contribution is -0.161. The molecule has 0 spiro atoms. The smallest absolute Gasteiger partial charge is 0.462 e. The Bertz CT molecular complexity index is 853. The number of phosphoric acid groups is 1. The number of phosphoric ester groups is 1.